The second kappa shape index (κ2) is 14.4. The molecular weight excluding hydrogens is 606 g/mol. The van der Waals surface area contributed by atoms with Crippen molar-refractivity contribution >= 4 is 18.0 Å². The van der Waals surface area contributed by atoms with Gasteiger partial charge in [-0.1, -0.05) is 60.7 Å². The molecule has 0 radical (unpaired) electrons. The van der Waals surface area contributed by atoms with Crippen LogP contribution < -0.4 is 5.32 Å². The van der Waals surface area contributed by atoms with Gasteiger partial charge in [-0.15, -0.1) is 0 Å². The van der Waals surface area contributed by atoms with Crippen LogP contribution in [0.4, 0.5) is 4.79 Å². The van der Waals surface area contributed by atoms with Gasteiger partial charge in [0.1, 0.15) is 43.2 Å². The number of hydrogen-bond acceptors (Lipinski definition) is 13. The SMILES string of the molecule is CO[C@H]1O[C@@H]2COC(c3ccccc3)O[C@H]2[C@H](O[C@@H]2O[C@H](COC(C)=O)[C@@H](OC(C)=O)[C@@H]3OC(=O)N[C@@H]23)[C@H]1OCc1ccccc1. The molecule has 4 saturated heterocycles. The molecule has 0 aromatic heterocycles. The largest absolute Gasteiger partial charge is 0.463 e. The molecule has 11 atom stereocenters. The Balaban J connectivity index is 1.32. The third-order valence-electron chi connectivity index (χ3n) is 8.09. The van der Waals surface area contributed by atoms with Crippen LogP contribution >= 0.6 is 0 Å². The Bertz CT molecular complexity index is 1340. The monoisotopic (exact) mass is 643 g/mol. The summed E-state index contributed by atoms with van der Waals surface area (Å²) in [5.41, 5.74) is 1.70. The number of nitrogens with one attached hydrogen (secondary N) is 1. The number of alkyl carbamates (subject to hydrolysis) is 1. The Kier molecular flexibility index (Phi) is 10.1. The lowest BCUT2D eigenvalue weighted by Crippen LogP contribution is -2.67. The van der Waals surface area contributed by atoms with Gasteiger partial charge in [-0.2, -0.15) is 0 Å². The van der Waals surface area contributed by atoms with E-state index in [1.54, 1.807) is 0 Å². The summed E-state index contributed by atoms with van der Waals surface area (Å²) in [7, 11) is 1.50. The lowest BCUT2D eigenvalue weighted by Gasteiger charge is -2.50. The number of carbonyl (C=O) groups is 3. The van der Waals surface area contributed by atoms with Crippen LogP contribution in [-0.2, 0) is 63.6 Å². The van der Waals surface area contributed by atoms with E-state index in [9.17, 15) is 14.4 Å². The molecule has 14 nitrogen and oxygen atoms in total. The van der Waals surface area contributed by atoms with E-state index in [-0.39, 0.29) is 19.8 Å². The number of rotatable bonds is 10. The first-order chi connectivity index (χ1) is 22.3. The molecule has 1 unspecified atom stereocenters. The van der Waals surface area contributed by atoms with Gasteiger partial charge >= 0.3 is 18.0 Å². The maximum absolute atomic E-state index is 12.5. The fourth-order valence-electron chi connectivity index (χ4n) is 6.04. The predicted molar refractivity (Wildman–Crippen MR) is 154 cm³/mol. The Hall–Kier alpha value is -3.63. The molecule has 0 bridgehead atoms. The van der Waals surface area contributed by atoms with Crippen molar-refractivity contribution in [3.05, 3.63) is 71.8 Å². The van der Waals surface area contributed by atoms with Crippen molar-refractivity contribution in [3.63, 3.8) is 0 Å². The Morgan fingerprint density at radius 3 is 2.30 bits per heavy atom. The molecule has 4 heterocycles. The molecule has 4 aliphatic heterocycles. The smallest absolute Gasteiger partial charge is 0.408 e. The van der Waals surface area contributed by atoms with Gasteiger partial charge in [-0.25, -0.2) is 4.79 Å². The topological polar surface area (TPSA) is 156 Å². The van der Waals surface area contributed by atoms with Crippen LogP contribution in [0.2, 0.25) is 0 Å². The minimum absolute atomic E-state index is 0.163. The zero-order valence-corrected chi connectivity index (χ0v) is 25.6. The lowest BCUT2D eigenvalue weighted by atomic mass is 9.95. The van der Waals surface area contributed by atoms with E-state index in [1.165, 1.54) is 21.0 Å². The number of hydrogen-bond donors (Lipinski definition) is 1. The van der Waals surface area contributed by atoms with Gasteiger partial charge in [0.05, 0.1) is 13.2 Å². The van der Waals surface area contributed by atoms with Crippen LogP contribution in [0, 0.1) is 0 Å². The normalized spacial score (nSPS) is 35.2. The molecule has 1 N–H and O–H groups in total. The van der Waals surface area contributed by atoms with Crippen LogP contribution in [0.3, 0.4) is 0 Å². The van der Waals surface area contributed by atoms with E-state index in [2.05, 4.69) is 5.32 Å². The summed E-state index contributed by atoms with van der Waals surface area (Å²) in [5, 5.41) is 2.71. The fourth-order valence-corrected chi connectivity index (χ4v) is 6.04. The standard InChI is InChI=1S/C32H37NO13/c1-17(34)38-15-21-24(41-18(2)35)26-23(33-32(36)46-26)30(42-21)45-27-25-22(16-40-29(44-25)20-12-8-5-9-13-20)43-31(37-3)28(27)39-14-19-10-6-4-7-11-19/h4-13,21-31H,14-16H2,1-3H3,(H,33,36)/t21-,22-,23-,24-,25-,26-,27+,28-,29?,30+,31+/m1/s1. The summed E-state index contributed by atoms with van der Waals surface area (Å²) >= 11 is 0. The first-order valence-corrected chi connectivity index (χ1v) is 15.0. The Morgan fingerprint density at radius 1 is 0.870 bits per heavy atom. The molecule has 0 spiro atoms. The highest BCUT2D eigenvalue weighted by Gasteiger charge is 2.58. The van der Waals surface area contributed by atoms with E-state index in [0.717, 1.165) is 11.1 Å². The van der Waals surface area contributed by atoms with Crippen molar-refractivity contribution in [1.82, 2.24) is 5.32 Å². The van der Waals surface area contributed by atoms with Crippen molar-refractivity contribution in [3.8, 4) is 0 Å². The highest BCUT2D eigenvalue weighted by Crippen LogP contribution is 2.39. The van der Waals surface area contributed by atoms with Crippen molar-refractivity contribution in [2.75, 3.05) is 20.3 Å². The van der Waals surface area contributed by atoms with Crippen LogP contribution in [0.25, 0.3) is 0 Å². The summed E-state index contributed by atoms with van der Waals surface area (Å²) < 4.78 is 60.2. The zero-order chi connectivity index (χ0) is 32.2. The number of esters is 2. The number of benzene rings is 2. The first-order valence-electron chi connectivity index (χ1n) is 15.0. The average molecular weight is 644 g/mol. The molecule has 4 fully saturated rings. The molecule has 2 aromatic carbocycles. The zero-order valence-electron chi connectivity index (χ0n) is 25.6. The molecule has 1 amide bonds. The molecule has 2 aromatic rings. The molecule has 248 valence electrons. The molecule has 46 heavy (non-hydrogen) atoms. The number of methoxy groups -OCH3 is 1. The van der Waals surface area contributed by atoms with Gasteiger partial charge in [0.25, 0.3) is 0 Å². The van der Waals surface area contributed by atoms with Crippen LogP contribution in [-0.4, -0.2) is 99.7 Å². The van der Waals surface area contributed by atoms with Crippen LogP contribution in [0.15, 0.2) is 60.7 Å². The van der Waals surface area contributed by atoms with Gasteiger partial charge in [0.15, 0.2) is 31.1 Å². The van der Waals surface area contributed by atoms with E-state index < -0.39 is 85.7 Å². The summed E-state index contributed by atoms with van der Waals surface area (Å²) in [6.07, 6.45) is -9.80. The minimum Gasteiger partial charge on any atom is -0.463 e. The summed E-state index contributed by atoms with van der Waals surface area (Å²) in [4.78, 5) is 36.3. The Labute approximate surface area is 265 Å². The quantitative estimate of drug-likeness (QED) is 0.297. The van der Waals surface area contributed by atoms with Gasteiger partial charge < -0.3 is 52.7 Å². The maximum Gasteiger partial charge on any atom is 0.408 e. The summed E-state index contributed by atoms with van der Waals surface area (Å²) in [6, 6.07) is 18.1. The summed E-state index contributed by atoms with van der Waals surface area (Å²) in [6.45, 7) is 2.54. The molecule has 0 saturated carbocycles. The molecule has 4 aliphatic rings. The molecule has 0 aliphatic carbocycles. The van der Waals surface area contributed by atoms with Gasteiger partial charge in [0, 0.05) is 26.5 Å². The van der Waals surface area contributed by atoms with Crippen molar-refractivity contribution in [2.24, 2.45) is 0 Å². The number of fused-ring (bicyclic) bond motifs is 2. The van der Waals surface area contributed by atoms with Crippen LogP contribution in [0.1, 0.15) is 31.3 Å². The van der Waals surface area contributed by atoms with Gasteiger partial charge in [-0.3, -0.25) is 9.59 Å². The number of amides is 1. The third-order valence-corrected chi connectivity index (χ3v) is 8.09. The second-order valence-corrected chi connectivity index (χ2v) is 11.3. The molecule has 6 rings (SSSR count). The van der Waals surface area contributed by atoms with E-state index in [1.807, 2.05) is 60.7 Å². The Morgan fingerprint density at radius 2 is 1.61 bits per heavy atom. The molecule has 14 heteroatoms. The lowest BCUT2D eigenvalue weighted by molar-refractivity contribution is -0.387. The van der Waals surface area contributed by atoms with Gasteiger partial charge in [-0.05, 0) is 5.56 Å². The highest BCUT2D eigenvalue weighted by atomic mass is 16.8. The molecular formula is C32H37NO13. The third kappa shape index (κ3) is 7.18. The van der Waals surface area contributed by atoms with Crippen molar-refractivity contribution < 1.29 is 61.8 Å². The van der Waals surface area contributed by atoms with E-state index in [0.29, 0.717) is 0 Å². The summed E-state index contributed by atoms with van der Waals surface area (Å²) in [5.74, 6) is -1.20. The number of ether oxygens (including phenoxy) is 10. The minimum atomic E-state index is -1.19. The van der Waals surface area contributed by atoms with Crippen molar-refractivity contribution in [1.29, 1.82) is 0 Å². The number of carbonyl (C=O) groups excluding carboxylic acids is 3. The van der Waals surface area contributed by atoms with Crippen LogP contribution in [0.5, 0.6) is 0 Å². The van der Waals surface area contributed by atoms with Crippen molar-refractivity contribution in [2.45, 2.75) is 88.1 Å². The predicted octanol–water partition coefficient (Wildman–Crippen LogP) is 2.14. The highest BCUT2D eigenvalue weighted by molar-refractivity contribution is 5.71. The second-order valence-electron chi connectivity index (χ2n) is 11.3. The fraction of sp³-hybridized carbons (Fsp3) is 0.531. The first kappa shape index (κ1) is 32.3. The average Bonchev–Trinajstić information content (AvgIpc) is 3.46. The van der Waals surface area contributed by atoms with E-state index in [4.69, 9.17) is 47.4 Å². The maximum atomic E-state index is 12.5. The van der Waals surface area contributed by atoms with Gasteiger partial charge in [0.2, 0.25) is 0 Å². The van der Waals surface area contributed by atoms with E-state index >= 15 is 0 Å².